The van der Waals surface area contributed by atoms with Crippen molar-refractivity contribution in [2.75, 3.05) is 15.8 Å². The third-order valence-corrected chi connectivity index (χ3v) is 4.60. The van der Waals surface area contributed by atoms with Gasteiger partial charge in [-0.1, -0.05) is 6.07 Å². The van der Waals surface area contributed by atoms with Crippen molar-refractivity contribution >= 4 is 33.0 Å². The molecule has 0 aromatic heterocycles. The van der Waals surface area contributed by atoms with Crippen LogP contribution in [-0.4, -0.2) is 14.3 Å². The zero-order chi connectivity index (χ0) is 17.2. The molecule has 6 nitrogen and oxygen atoms in total. The summed E-state index contributed by atoms with van der Waals surface area (Å²) in [5.74, 6) is -0.221. The van der Waals surface area contributed by atoms with E-state index < -0.39 is 10.0 Å². The van der Waals surface area contributed by atoms with Crippen molar-refractivity contribution in [3.8, 4) is 0 Å². The van der Waals surface area contributed by atoms with Gasteiger partial charge in [-0.05, 0) is 55.3 Å². The highest BCUT2D eigenvalue weighted by Crippen LogP contribution is 2.27. The second-order valence-electron chi connectivity index (χ2n) is 5.36. The highest BCUT2D eigenvalue weighted by atomic mass is 32.2. The lowest BCUT2D eigenvalue weighted by atomic mass is 10.1. The number of aryl methyl sites for hydroxylation is 2. The Morgan fingerprint density at radius 1 is 1.09 bits per heavy atom. The van der Waals surface area contributed by atoms with E-state index in [4.69, 9.17) is 5.73 Å². The summed E-state index contributed by atoms with van der Waals surface area (Å²) in [4.78, 5) is 11.1. The maximum absolute atomic E-state index is 12.5. The molecule has 0 heterocycles. The minimum Gasteiger partial charge on any atom is -0.397 e. The van der Waals surface area contributed by atoms with Crippen LogP contribution in [0.1, 0.15) is 18.1 Å². The highest BCUT2D eigenvalue weighted by Gasteiger charge is 2.17. The second-order valence-corrected chi connectivity index (χ2v) is 7.04. The summed E-state index contributed by atoms with van der Waals surface area (Å²) in [5.41, 5.74) is 8.91. The Labute approximate surface area is 135 Å². The van der Waals surface area contributed by atoms with Crippen LogP contribution in [0, 0.1) is 13.8 Å². The van der Waals surface area contributed by atoms with E-state index in [0.717, 1.165) is 11.1 Å². The maximum Gasteiger partial charge on any atom is 0.261 e. The van der Waals surface area contributed by atoms with E-state index in [1.807, 2.05) is 13.0 Å². The molecule has 0 aliphatic heterocycles. The quantitative estimate of drug-likeness (QED) is 0.749. The van der Waals surface area contributed by atoms with E-state index in [-0.39, 0.29) is 10.8 Å². The lowest BCUT2D eigenvalue weighted by Gasteiger charge is -2.14. The van der Waals surface area contributed by atoms with Crippen LogP contribution in [0.25, 0.3) is 0 Å². The first kappa shape index (κ1) is 16.8. The van der Waals surface area contributed by atoms with Gasteiger partial charge in [0.2, 0.25) is 5.91 Å². The van der Waals surface area contributed by atoms with Crippen LogP contribution >= 0.6 is 0 Å². The molecule has 122 valence electrons. The smallest absolute Gasteiger partial charge is 0.261 e. The maximum atomic E-state index is 12.5. The number of nitrogen functional groups attached to an aromatic ring is 1. The van der Waals surface area contributed by atoms with Gasteiger partial charge in [0.25, 0.3) is 10.0 Å². The number of hydrogen-bond donors (Lipinski definition) is 3. The van der Waals surface area contributed by atoms with Gasteiger partial charge in [0.1, 0.15) is 0 Å². The van der Waals surface area contributed by atoms with Crippen molar-refractivity contribution in [3.63, 3.8) is 0 Å². The van der Waals surface area contributed by atoms with E-state index in [1.54, 1.807) is 13.0 Å². The lowest BCUT2D eigenvalue weighted by Crippen LogP contribution is -2.15. The molecule has 0 aliphatic rings. The molecule has 2 aromatic carbocycles. The fraction of sp³-hybridized carbons (Fsp3) is 0.188. The van der Waals surface area contributed by atoms with Crippen molar-refractivity contribution < 1.29 is 13.2 Å². The fourth-order valence-corrected chi connectivity index (χ4v) is 3.41. The Bertz CT molecular complexity index is 820. The van der Waals surface area contributed by atoms with Crippen LogP contribution in [0.4, 0.5) is 17.1 Å². The number of carbonyl (C=O) groups excluding carboxylic acids is 1. The van der Waals surface area contributed by atoms with Gasteiger partial charge in [-0.3, -0.25) is 9.52 Å². The molecule has 23 heavy (non-hydrogen) atoms. The van der Waals surface area contributed by atoms with Gasteiger partial charge in [0.05, 0.1) is 16.3 Å². The first-order chi connectivity index (χ1) is 10.7. The van der Waals surface area contributed by atoms with Gasteiger partial charge in [-0.15, -0.1) is 0 Å². The minimum absolute atomic E-state index is 0.0889. The normalized spacial score (nSPS) is 11.1. The summed E-state index contributed by atoms with van der Waals surface area (Å²) in [6.45, 7) is 5.07. The summed E-state index contributed by atoms with van der Waals surface area (Å²) < 4.78 is 27.5. The zero-order valence-corrected chi connectivity index (χ0v) is 14.0. The molecule has 7 heteroatoms. The number of nitrogens with one attached hydrogen (secondary N) is 2. The van der Waals surface area contributed by atoms with Crippen molar-refractivity contribution in [1.29, 1.82) is 0 Å². The standard InChI is InChI=1S/C16H19N3O3S/c1-10-8-11(2)16(15(17)9-10)19-23(21,22)14-6-4-13(5-7-14)18-12(3)20/h4-9,19H,17H2,1-3H3,(H,18,20). The number of benzene rings is 2. The fourth-order valence-electron chi connectivity index (χ4n) is 2.25. The van der Waals surface area contributed by atoms with Crippen LogP contribution < -0.4 is 15.8 Å². The molecule has 0 saturated heterocycles. The van der Waals surface area contributed by atoms with Crippen LogP contribution in [0.5, 0.6) is 0 Å². The number of rotatable bonds is 4. The molecule has 0 radical (unpaired) electrons. The van der Waals surface area contributed by atoms with Crippen LogP contribution in [-0.2, 0) is 14.8 Å². The number of hydrogen-bond acceptors (Lipinski definition) is 4. The number of anilines is 3. The molecule has 0 bridgehead atoms. The number of amides is 1. The summed E-state index contributed by atoms with van der Waals surface area (Å²) in [6.07, 6.45) is 0. The molecule has 0 fully saturated rings. The average molecular weight is 333 g/mol. The Morgan fingerprint density at radius 2 is 1.70 bits per heavy atom. The van der Waals surface area contributed by atoms with E-state index in [0.29, 0.717) is 17.1 Å². The molecule has 2 rings (SSSR count). The predicted molar refractivity (Wildman–Crippen MR) is 91.9 cm³/mol. The second kappa shape index (κ2) is 6.29. The molecular formula is C16H19N3O3S. The van der Waals surface area contributed by atoms with Gasteiger partial charge < -0.3 is 11.1 Å². The van der Waals surface area contributed by atoms with E-state index >= 15 is 0 Å². The molecule has 0 unspecified atom stereocenters. The van der Waals surface area contributed by atoms with Gasteiger partial charge in [-0.2, -0.15) is 0 Å². The summed E-state index contributed by atoms with van der Waals surface area (Å²) >= 11 is 0. The first-order valence-electron chi connectivity index (χ1n) is 6.96. The van der Waals surface area contributed by atoms with Gasteiger partial charge in [0, 0.05) is 12.6 Å². The summed E-state index contributed by atoms with van der Waals surface area (Å²) in [5, 5.41) is 2.58. The first-order valence-corrected chi connectivity index (χ1v) is 8.44. The van der Waals surface area contributed by atoms with Crippen LogP contribution in [0.3, 0.4) is 0 Å². The van der Waals surface area contributed by atoms with Crippen molar-refractivity contribution in [1.82, 2.24) is 0 Å². The minimum atomic E-state index is -3.76. The van der Waals surface area contributed by atoms with E-state index in [1.165, 1.54) is 31.2 Å². The zero-order valence-electron chi connectivity index (χ0n) is 13.2. The van der Waals surface area contributed by atoms with Gasteiger partial charge in [-0.25, -0.2) is 8.42 Å². The number of sulfonamides is 1. The average Bonchev–Trinajstić information content (AvgIpc) is 2.43. The monoisotopic (exact) mass is 333 g/mol. The summed E-state index contributed by atoms with van der Waals surface area (Å²) in [7, 11) is -3.76. The molecule has 4 N–H and O–H groups in total. The van der Waals surface area contributed by atoms with Crippen molar-refractivity contribution in [2.45, 2.75) is 25.7 Å². The Balaban J connectivity index is 2.31. The molecule has 2 aromatic rings. The number of nitrogens with two attached hydrogens (primary N) is 1. The summed E-state index contributed by atoms with van der Waals surface area (Å²) in [6, 6.07) is 9.47. The molecular weight excluding hydrogens is 314 g/mol. The molecule has 0 aliphatic carbocycles. The van der Waals surface area contributed by atoms with Gasteiger partial charge >= 0.3 is 0 Å². The molecule has 0 spiro atoms. The molecule has 1 amide bonds. The highest BCUT2D eigenvalue weighted by molar-refractivity contribution is 7.92. The molecule has 0 saturated carbocycles. The topological polar surface area (TPSA) is 101 Å². The Kier molecular flexibility index (Phi) is 4.60. The largest absolute Gasteiger partial charge is 0.397 e. The van der Waals surface area contributed by atoms with Crippen LogP contribution in [0.2, 0.25) is 0 Å². The number of carbonyl (C=O) groups is 1. The van der Waals surface area contributed by atoms with Gasteiger partial charge in [0.15, 0.2) is 0 Å². The van der Waals surface area contributed by atoms with Crippen molar-refractivity contribution in [2.24, 2.45) is 0 Å². The SMILES string of the molecule is CC(=O)Nc1ccc(S(=O)(=O)Nc2c(C)cc(C)cc2N)cc1. The molecule has 0 atom stereocenters. The lowest BCUT2D eigenvalue weighted by molar-refractivity contribution is -0.114. The third-order valence-electron chi connectivity index (χ3n) is 3.23. The van der Waals surface area contributed by atoms with E-state index in [2.05, 4.69) is 10.0 Å². The van der Waals surface area contributed by atoms with E-state index in [9.17, 15) is 13.2 Å². The Morgan fingerprint density at radius 3 is 2.22 bits per heavy atom. The van der Waals surface area contributed by atoms with Crippen LogP contribution in [0.15, 0.2) is 41.3 Å². The van der Waals surface area contributed by atoms with Crippen molar-refractivity contribution in [3.05, 3.63) is 47.5 Å². The predicted octanol–water partition coefficient (Wildman–Crippen LogP) is 2.64. The Hall–Kier alpha value is -2.54. The third kappa shape index (κ3) is 4.01.